The second-order valence-electron chi connectivity index (χ2n) is 5.36. The number of carboxylic acid groups (broad SMARTS) is 1. The van der Waals surface area contributed by atoms with E-state index in [-0.39, 0.29) is 6.04 Å². The zero-order valence-corrected chi connectivity index (χ0v) is 11.7. The van der Waals surface area contributed by atoms with Crippen LogP contribution in [0.4, 0.5) is 0 Å². The number of benzene rings is 1. The number of carboxylic acids is 1. The van der Waals surface area contributed by atoms with E-state index in [0.29, 0.717) is 13.0 Å². The number of aliphatic carboxylic acids is 1. The Balaban J connectivity index is 1.96. The third-order valence-electron chi connectivity index (χ3n) is 3.82. The van der Waals surface area contributed by atoms with E-state index < -0.39 is 11.5 Å². The number of hydrogen-bond donors (Lipinski definition) is 2. The van der Waals surface area contributed by atoms with Gasteiger partial charge in [0.2, 0.25) is 0 Å². The highest BCUT2D eigenvalue weighted by Gasteiger charge is 2.42. The molecule has 0 bridgehead atoms. The van der Waals surface area contributed by atoms with Gasteiger partial charge in [-0.3, -0.25) is 9.69 Å². The van der Waals surface area contributed by atoms with Crippen molar-refractivity contribution < 1.29 is 9.90 Å². The molecule has 0 saturated carbocycles. The molecule has 1 aliphatic heterocycles. The van der Waals surface area contributed by atoms with Crippen LogP contribution in [0.1, 0.15) is 18.9 Å². The minimum absolute atomic E-state index is 0.269. The van der Waals surface area contributed by atoms with Crippen molar-refractivity contribution in [3.05, 3.63) is 34.9 Å². The van der Waals surface area contributed by atoms with Gasteiger partial charge in [0.1, 0.15) is 5.54 Å². The summed E-state index contributed by atoms with van der Waals surface area (Å²) in [4.78, 5) is 13.3. The SMILES string of the molecule is CC(Cc1ccc(Cl)cc1)N1CCC(N)(C(=O)O)C1. The first-order valence-corrected chi connectivity index (χ1v) is 6.79. The van der Waals surface area contributed by atoms with Gasteiger partial charge in [0.25, 0.3) is 0 Å². The van der Waals surface area contributed by atoms with Gasteiger partial charge in [-0.15, -0.1) is 0 Å². The van der Waals surface area contributed by atoms with Crippen LogP contribution >= 0.6 is 11.6 Å². The number of halogens is 1. The Bertz CT molecular complexity index is 463. The first kappa shape index (κ1) is 14.3. The number of carbonyl (C=O) groups is 1. The van der Waals surface area contributed by atoms with Gasteiger partial charge in [0, 0.05) is 24.2 Å². The topological polar surface area (TPSA) is 66.6 Å². The molecule has 4 nitrogen and oxygen atoms in total. The molecule has 2 rings (SSSR count). The molecule has 1 aromatic carbocycles. The highest BCUT2D eigenvalue weighted by Crippen LogP contribution is 2.23. The maximum atomic E-state index is 11.1. The van der Waals surface area contributed by atoms with Crippen LogP contribution in [0.15, 0.2) is 24.3 Å². The largest absolute Gasteiger partial charge is 0.480 e. The molecule has 104 valence electrons. The summed E-state index contributed by atoms with van der Waals surface area (Å²) in [6, 6.07) is 8.02. The zero-order valence-electron chi connectivity index (χ0n) is 11.0. The van der Waals surface area contributed by atoms with E-state index in [1.807, 2.05) is 24.3 Å². The second-order valence-corrected chi connectivity index (χ2v) is 5.80. The molecule has 1 aliphatic rings. The molecule has 0 amide bonds. The molecule has 1 fully saturated rings. The lowest BCUT2D eigenvalue weighted by Gasteiger charge is -2.26. The van der Waals surface area contributed by atoms with Crippen molar-refractivity contribution >= 4 is 17.6 Å². The molecule has 2 unspecified atom stereocenters. The Morgan fingerprint density at radius 3 is 2.68 bits per heavy atom. The van der Waals surface area contributed by atoms with E-state index in [4.69, 9.17) is 22.4 Å². The lowest BCUT2D eigenvalue weighted by molar-refractivity contribution is -0.142. The van der Waals surface area contributed by atoms with Crippen LogP contribution < -0.4 is 5.73 Å². The smallest absolute Gasteiger partial charge is 0.325 e. The number of hydrogen-bond acceptors (Lipinski definition) is 3. The van der Waals surface area contributed by atoms with Gasteiger partial charge in [-0.25, -0.2) is 0 Å². The number of rotatable bonds is 4. The fourth-order valence-corrected chi connectivity index (χ4v) is 2.63. The van der Waals surface area contributed by atoms with Crippen LogP contribution in [0.25, 0.3) is 0 Å². The van der Waals surface area contributed by atoms with E-state index in [2.05, 4.69) is 11.8 Å². The molecule has 1 saturated heterocycles. The van der Waals surface area contributed by atoms with Crippen molar-refractivity contribution in [2.45, 2.75) is 31.3 Å². The van der Waals surface area contributed by atoms with E-state index in [9.17, 15) is 4.79 Å². The monoisotopic (exact) mass is 282 g/mol. The van der Waals surface area contributed by atoms with Crippen LogP contribution in [0.5, 0.6) is 0 Å². The lowest BCUT2D eigenvalue weighted by atomic mass is 10.0. The van der Waals surface area contributed by atoms with E-state index in [1.54, 1.807) is 0 Å². The Kier molecular flexibility index (Phi) is 4.13. The van der Waals surface area contributed by atoms with Gasteiger partial charge >= 0.3 is 5.97 Å². The molecule has 0 spiro atoms. The number of nitrogens with zero attached hydrogens (tertiary/aromatic N) is 1. The van der Waals surface area contributed by atoms with Crippen LogP contribution in [0.2, 0.25) is 5.02 Å². The first-order chi connectivity index (χ1) is 8.90. The minimum atomic E-state index is -1.09. The highest BCUT2D eigenvalue weighted by molar-refractivity contribution is 6.30. The number of likely N-dealkylation sites (tertiary alicyclic amines) is 1. The van der Waals surface area contributed by atoms with Gasteiger partial charge in [-0.1, -0.05) is 23.7 Å². The predicted octanol–water partition coefficient (Wildman–Crippen LogP) is 1.76. The molecular formula is C14H19ClN2O2. The molecule has 1 heterocycles. The number of nitrogens with two attached hydrogens (primary N) is 1. The predicted molar refractivity (Wildman–Crippen MR) is 75.4 cm³/mol. The Morgan fingerprint density at radius 2 is 2.16 bits per heavy atom. The summed E-state index contributed by atoms with van der Waals surface area (Å²) in [5.41, 5.74) is 5.99. The summed E-state index contributed by atoms with van der Waals surface area (Å²) in [7, 11) is 0. The zero-order chi connectivity index (χ0) is 14.0. The minimum Gasteiger partial charge on any atom is -0.480 e. The summed E-state index contributed by atoms with van der Waals surface area (Å²) >= 11 is 5.86. The molecule has 19 heavy (non-hydrogen) atoms. The average molecular weight is 283 g/mol. The highest BCUT2D eigenvalue weighted by atomic mass is 35.5. The van der Waals surface area contributed by atoms with Gasteiger partial charge in [0.05, 0.1) is 0 Å². The molecule has 1 aromatic rings. The normalized spacial score (nSPS) is 25.4. The maximum Gasteiger partial charge on any atom is 0.325 e. The van der Waals surface area contributed by atoms with Crippen molar-refractivity contribution in [2.75, 3.05) is 13.1 Å². The summed E-state index contributed by atoms with van der Waals surface area (Å²) in [6.07, 6.45) is 1.38. The van der Waals surface area contributed by atoms with Gasteiger partial charge in [0.15, 0.2) is 0 Å². The molecule has 5 heteroatoms. The standard InChI is InChI=1S/C14H19ClN2O2/c1-10(8-11-2-4-12(15)5-3-11)17-7-6-14(16,9-17)13(18)19/h2-5,10H,6-9,16H2,1H3,(H,18,19). The summed E-state index contributed by atoms with van der Waals surface area (Å²) in [6.45, 7) is 3.25. The van der Waals surface area contributed by atoms with E-state index in [0.717, 1.165) is 18.0 Å². The van der Waals surface area contributed by atoms with Crippen LogP contribution in [-0.4, -0.2) is 40.6 Å². The molecular weight excluding hydrogens is 264 g/mol. The van der Waals surface area contributed by atoms with E-state index >= 15 is 0 Å². The third-order valence-corrected chi connectivity index (χ3v) is 4.08. The first-order valence-electron chi connectivity index (χ1n) is 6.41. The van der Waals surface area contributed by atoms with Gasteiger partial charge < -0.3 is 10.8 Å². The average Bonchev–Trinajstić information content (AvgIpc) is 2.76. The van der Waals surface area contributed by atoms with Crippen LogP contribution in [-0.2, 0) is 11.2 Å². The van der Waals surface area contributed by atoms with E-state index in [1.165, 1.54) is 5.56 Å². The van der Waals surface area contributed by atoms with Crippen molar-refractivity contribution in [2.24, 2.45) is 5.73 Å². The summed E-state index contributed by atoms with van der Waals surface area (Å²) < 4.78 is 0. The third kappa shape index (κ3) is 3.26. The Morgan fingerprint density at radius 1 is 1.53 bits per heavy atom. The van der Waals surface area contributed by atoms with Crippen molar-refractivity contribution in [1.29, 1.82) is 0 Å². The molecule has 0 aromatic heterocycles. The fraction of sp³-hybridized carbons (Fsp3) is 0.500. The quantitative estimate of drug-likeness (QED) is 0.883. The Labute approximate surface area is 118 Å². The summed E-state index contributed by atoms with van der Waals surface area (Å²) in [5.74, 6) is -0.909. The Hall–Kier alpha value is -1.10. The molecule has 3 N–H and O–H groups in total. The van der Waals surface area contributed by atoms with Crippen LogP contribution in [0.3, 0.4) is 0 Å². The van der Waals surface area contributed by atoms with Crippen molar-refractivity contribution in [3.8, 4) is 0 Å². The van der Waals surface area contributed by atoms with Crippen molar-refractivity contribution in [3.63, 3.8) is 0 Å². The molecule has 2 atom stereocenters. The lowest BCUT2D eigenvalue weighted by Crippen LogP contribution is -2.51. The molecule has 0 aliphatic carbocycles. The summed E-state index contributed by atoms with van der Waals surface area (Å²) in [5, 5.41) is 9.85. The fourth-order valence-electron chi connectivity index (χ4n) is 2.51. The van der Waals surface area contributed by atoms with Gasteiger partial charge in [-0.2, -0.15) is 0 Å². The second kappa shape index (κ2) is 5.49. The molecule has 0 radical (unpaired) electrons. The van der Waals surface area contributed by atoms with Crippen LogP contribution in [0, 0.1) is 0 Å². The van der Waals surface area contributed by atoms with Crippen molar-refractivity contribution in [1.82, 2.24) is 4.90 Å². The maximum absolute atomic E-state index is 11.1. The van der Waals surface area contributed by atoms with Gasteiger partial charge in [-0.05, 0) is 37.5 Å².